The van der Waals surface area contributed by atoms with Crippen LogP contribution in [0, 0.1) is 0 Å². The van der Waals surface area contributed by atoms with Crippen molar-refractivity contribution >= 4 is 15.7 Å². The molecule has 0 unspecified atom stereocenters. The SMILES string of the molecule is COc1ccc(CNc2ccc(CS(N)(=O)=O)cc2)cc1. The average Bonchev–Trinajstić information content (AvgIpc) is 2.45. The second-order valence-electron chi connectivity index (χ2n) is 4.71. The second kappa shape index (κ2) is 6.60. The van der Waals surface area contributed by atoms with Gasteiger partial charge in [-0.15, -0.1) is 0 Å². The smallest absolute Gasteiger partial charge is 0.213 e. The molecule has 0 amide bonds. The van der Waals surface area contributed by atoms with E-state index in [1.54, 1.807) is 19.2 Å². The molecule has 5 nitrogen and oxygen atoms in total. The van der Waals surface area contributed by atoms with Gasteiger partial charge in [0.15, 0.2) is 0 Å². The Morgan fingerprint density at radius 2 is 1.57 bits per heavy atom. The van der Waals surface area contributed by atoms with Crippen LogP contribution in [0.4, 0.5) is 5.69 Å². The summed E-state index contributed by atoms with van der Waals surface area (Å²) >= 11 is 0. The first-order valence-corrected chi connectivity index (χ1v) is 8.14. The molecule has 21 heavy (non-hydrogen) atoms. The Morgan fingerprint density at radius 1 is 1.00 bits per heavy atom. The van der Waals surface area contributed by atoms with E-state index in [0.717, 1.165) is 17.0 Å². The van der Waals surface area contributed by atoms with E-state index in [1.807, 2.05) is 36.4 Å². The van der Waals surface area contributed by atoms with Crippen LogP contribution in [0.2, 0.25) is 0 Å². The molecular formula is C15H18N2O3S. The highest BCUT2D eigenvalue weighted by Gasteiger charge is 2.04. The topological polar surface area (TPSA) is 81.4 Å². The van der Waals surface area contributed by atoms with Crippen LogP contribution in [0.15, 0.2) is 48.5 Å². The lowest BCUT2D eigenvalue weighted by molar-refractivity contribution is 0.414. The quantitative estimate of drug-likeness (QED) is 0.856. The number of nitrogens with one attached hydrogen (secondary N) is 1. The molecule has 0 bridgehead atoms. The largest absolute Gasteiger partial charge is 0.497 e. The summed E-state index contributed by atoms with van der Waals surface area (Å²) in [5, 5.41) is 8.28. The molecule has 0 aliphatic heterocycles. The van der Waals surface area contributed by atoms with Crippen LogP contribution in [-0.4, -0.2) is 15.5 Å². The molecule has 2 aromatic rings. The maximum Gasteiger partial charge on any atom is 0.213 e. The zero-order chi connectivity index (χ0) is 15.3. The van der Waals surface area contributed by atoms with Crippen LogP contribution in [-0.2, 0) is 22.3 Å². The van der Waals surface area contributed by atoms with Crippen molar-refractivity contribution in [2.75, 3.05) is 12.4 Å². The fourth-order valence-corrected chi connectivity index (χ4v) is 2.56. The summed E-state index contributed by atoms with van der Waals surface area (Å²) in [6.45, 7) is 0.679. The van der Waals surface area contributed by atoms with Crippen molar-refractivity contribution in [3.8, 4) is 5.75 Å². The predicted octanol–water partition coefficient (Wildman–Crippen LogP) is 2.10. The van der Waals surface area contributed by atoms with Crippen molar-refractivity contribution in [3.63, 3.8) is 0 Å². The summed E-state index contributed by atoms with van der Waals surface area (Å²) in [5.41, 5.74) is 2.72. The normalized spacial score (nSPS) is 11.1. The molecule has 0 fully saturated rings. The van der Waals surface area contributed by atoms with Crippen LogP contribution in [0.5, 0.6) is 5.75 Å². The van der Waals surface area contributed by atoms with E-state index in [-0.39, 0.29) is 5.75 Å². The van der Waals surface area contributed by atoms with E-state index < -0.39 is 10.0 Å². The molecule has 2 rings (SSSR count). The number of nitrogens with two attached hydrogens (primary N) is 1. The van der Waals surface area contributed by atoms with Crippen molar-refractivity contribution < 1.29 is 13.2 Å². The third-order valence-electron chi connectivity index (χ3n) is 2.98. The lowest BCUT2D eigenvalue weighted by Crippen LogP contribution is -2.14. The van der Waals surface area contributed by atoms with E-state index in [2.05, 4.69) is 5.32 Å². The number of ether oxygens (including phenoxy) is 1. The molecule has 0 radical (unpaired) electrons. The van der Waals surface area contributed by atoms with Crippen molar-refractivity contribution in [1.29, 1.82) is 0 Å². The number of primary sulfonamides is 1. The number of hydrogen-bond donors (Lipinski definition) is 2. The molecule has 6 heteroatoms. The van der Waals surface area contributed by atoms with Gasteiger partial charge < -0.3 is 10.1 Å². The fourth-order valence-electron chi connectivity index (χ4n) is 1.90. The summed E-state index contributed by atoms with van der Waals surface area (Å²) in [6.07, 6.45) is 0. The van der Waals surface area contributed by atoms with Crippen LogP contribution in [0.25, 0.3) is 0 Å². The molecule has 0 atom stereocenters. The Kier molecular flexibility index (Phi) is 4.82. The standard InChI is InChI=1S/C15H18N2O3S/c1-20-15-8-4-12(5-9-15)10-17-14-6-2-13(3-7-14)11-21(16,18)19/h2-9,17H,10-11H2,1H3,(H2,16,18,19). The highest BCUT2D eigenvalue weighted by atomic mass is 32.2. The highest BCUT2D eigenvalue weighted by Crippen LogP contribution is 2.15. The van der Waals surface area contributed by atoms with E-state index >= 15 is 0 Å². The molecule has 0 aromatic heterocycles. The van der Waals surface area contributed by atoms with Gasteiger partial charge in [-0.2, -0.15) is 0 Å². The van der Waals surface area contributed by atoms with Gasteiger partial charge in [0.25, 0.3) is 0 Å². The van der Waals surface area contributed by atoms with Gasteiger partial charge in [0.1, 0.15) is 5.75 Å². The number of methoxy groups -OCH3 is 1. The number of sulfonamides is 1. The minimum Gasteiger partial charge on any atom is -0.497 e. The van der Waals surface area contributed by atoms with Gasteiger partial charge in [-0.25, -0.2) is 13.6 Å². The monoisotopic (exact) mass is 306 g/mol. The van der Waals surface area contributed by atoms with Crippen molar-refractivity contribution in [2.24, 2.45) is 5.14 Å². The Morgan fingerprint density at radius 3 is 2.10 bits per heavy atom. The molecule has 0 saturated carbocycles. The van der Waals surface area contributed by atoms with Gasteiger partial charge in [-0.05, 0) is 35.4 Å². The molecule has 0 aliphatic rings. The van der Waals surface area contributed by atoms with Crippen LogP contribution in [0.3, 0.4) is 0 Å². The zero-order valence-corrected chi connectivity index (χ0v) is 12.6. The zero-order valence-electron chi connectivity index (χ0n) is 11.7. The Hall–Kier alpha value is -2.05. The summed E-state index contributed by atoms with van der Waals surface area (Å²) in [4.78, 5) is 0. The van der Waals surface area contributed by atoms with Crippen LogP contribution >= 0.6 is 0 Å². The van der Waals surface area contributed by atoms with E-state index in [0.29, 0.717) is 12.1 Å². The summed E-state index contributed by atoms with van der Waals surface area (Å²) < 4.78 is 27.1. The minimum atomic E-state index is -3.48. The average molecular weight is 306 g/mol. The molecule has 3 N–H and O–H groups in total. The third kappa shape index (κ3) is 5.09. The molecule has 112 valence electrons. The predicted molar refractivity (Wildman–Crippen MR) is 83.6 cm³/mol. The second-order valence-corrected chi connectivity index (χ2v) is 6.32. The molecule has 0 heterocycles. The lowest BCUT2D eigenvalue weighted by Gasteiger charge is -2.08. The van der Waals surface area contributed by atoms with Gasteiger partial charge in [0.2, 0.25) is 10.0 Å². The molecule has 0 spiro atoms. The summed E-state index contributed by atoms with van der Waals surface area (Å²) in [6, 6.07) is 15.0. The van der Waals surface area contributed by atoms with Gasteiger partial charge in [-0.3, -0.25) is 0 Å². The first-order chi connectivity index (χ1) is 9.96. The molecule has 0 saturated heterocycles. The van der Waals surface area contributed by atoms with Gasteiger partial charge in [0, 0.05) is 12.2 Å². The van der Waals surface area contributed by atoms with Gasteiger partial charge in [0.05, 0.1) is 12.9 Å². The number of anilines is 1. The van der Waals surface area contributed by atoms with E-state index in [9.17, 15) is 8.42 Å². The number of hydrogen-bond acceptors (Lipinski definition) is 4. The fraction of sp³-hybridized carbons (Fsp3) is 0.200. The van der Waals surface area contributed by atoms with Crippen molar-refractivity contribution in [2.45, 2.75) is 12.3 Å². The summed E-state index contributed by atoms with van der Waals surface area (Å²) in [5.74, 6) is 0.678. The summed E-state index contributed by atoms with van der Waals surface area (Å²) in [7, 11) is -1.85. The lowest BCUT2D eigenvalue weighted by atomic mass is 10.2. The van der Waals surface area contributed by atoms with Crippen molar-refractivity contribution in [3.05, 3.63) is 59.7 Å². The minimum absolute atomic E-state index is 0.147. The van der Waals surface area contributed by atoms with Crippen LogP contribution in [0.1, 0.15) is 11.1 Å². The molecule has 0 aliphatic carbocycles. The first kappa shape index (κ1) is 15.3. The maximum atomic E-state index is 11.0. The Balaban J connectivity index is 1.94. The third-order valence-corrected chi connectivity index (χ3v) is 3.71. The van der Waals surface area contributed by atoms with Crippen molar-refractivity contribution in [1.82, 2.24) is 0 Å². The van der Waals surface area contributed by atoms with Crippen LogP contribution < -0.4 is 15.2 Å². The maximum absolute atomic E-state index is 11.0. The van der Waals surface area contributed by atoms with Gasteiger partial charge in [-0.1, -0.05) is 24.3 Å². The number of benzene rings is 2. The Bertz CT molecular complexity index is 680. The Labute approximate surface area is 124 Å². The molecular weight excluding hydrogens is 288 g/mol. The van der Waals surface area contributed by atoms with Gasteiger partial charge >= 0.3 is 0 Å². The number of rotatable bonds is 6. The molecule has 2 aromatic carbocycles. The van der Waals surface area contributed by atoms with E-state index in [4.69, 9.17) is 9.88 Å². The highest BCUT2D eigenvalue weighted by molar-refractivity contribution is 7.88. The first-order valence-electron chi connectivity index (χ1n) is 6.42. The van der Waals surface area contributed by atoms with E-state index in [1.165, 1.54) is 0 Å².